The summed E-state index contributed by atoms with van der Waals surface area (Å²) in [6.07, 6.45) is 3.35. The van der Waals surface area contributed by atoms with Crippen molar-refractivity contribution in [3.63, 3.8) is 0 Å². The normalized spacial score (nSPS) is 10.7. The Kier molecular flexibility index (Phi) is 5.60. The molecule has 0 unspecified atom stereocenters. The third-order valence-electron chi connectivity index (χ3n) is 3.43. The van der Waals surface area contributed by atoms with Gasteiger partial charge in [-0.05, 0) is 38.1 Å². The first-order valence-corrected chi connectivity index (χ1v) is 9.12. The lowest BCUT2D eigenvalue weighted by atomic mass is 10.2. The Morgan fingerprint density at radius 3 is 2.70 bits per heavy atom. The fourth-order valence-electron chi connectivity index (χ4n) is 2.25. The SMILES string of the molecule is CC(C)Oc1ccc(-c2nsc(Nc3ncccc3C(=O)N(C)C)n2)nc1. The molecule has 0 radical (unpaired) electrons. The van der Waals surface area contributed by atoms with Gasteiger partial charge >= 0.3 is 0 Å². The Bertz CT molecular complexity index is 924. The summed E-state index contributed by atoms with van der Waals surface area (Å²) < 4.78 is 9.91. The van der Waals surface area contributed by atoms with E-state index in [1.807, 2.05) is 26.0 Å². The van der Waals surface area contributed by atoms with Crippen LogP contribution in [-0.4, -0.2) is 50.3 Å². The van der Waals surface area contributed by atoms with Crippen LogP contribution >= 0.6 is 11.5 Å². The van der Waals surface area contributed by atoms with Gasteiger partial charge in [0.2, 0.25) is 5.13 Å². The van der Waals surface area contributed by atoms with Gasteiger partial charge in [0, 0.05) is 31.8 Å². The van der Waals surface area contributed by atoms with E-state index in [9.17, 15) is 4.79 Å². The molecule has 1 N–H and O–H groups in total. The van der Waals surface area contributed by atoms with Crippen molar-refractivity contribution in [1.82, 2.24) is 24.2 Å². The molecule has 0 aliphatic carbocycles. The van der Waals surface area contributed by atoms with Crippen molar-refractivity contribution in [2.45, 2.75) is 20.0 Å². The van der Waals surface area contributed by atoms with Crippen LogP contribution in [0.3, 0.4) is 0 Å². The Morgan fingerprint density at radius 1 is 1.22 bits per heavy atom. The highest BCUT2D eigenvalue weighted by Gasteiger charge is 2.16. The molecule has 0 saturated heterocycles. The lowest BCUT2D eigenvalue weighted by molar-refractivity contribution is 0.0828. The number of pyridine rings is 2. The van der Waals surface area contributed by atoms with Gasteiger partial charge in [0.1, 0.15) is 17.3 Å². The van der Waals surface area contributed by atoms with Crippen molar-refractivity contribution in [2.24, 2.45) is 0 Å². The van der Waals surface area contributed by atoms with E-state index in [0.717, 1.165) is 0 Å². The van der Waals surface area contributed by atoms with Crippen LogP contribution in [-0.2, 0) is 0 Å². The van der Waals surface area contributed by atoms with E-state index in [0.29, 0.717) is 33.8 Å². The number of hydrogen-bond donors (Lipinski definition) is 1. The predicted molar refractivity (Wildman–Crippen MR) is 104 cm³/mol. The number of carbonyl (C=O) groups excluding carboxylic acids is 1. The van der Waals surface area contributed by atoms with Crippen molar-refractivity contribution in [3.8, 4) is 17.3 Å². The van der Waals surface area contributed by atoms with Gasteiger partial charge in [0.25, 0.3) is 5.91 Å². The first-order chi connectivity index (χ1) is 12.9. The summed E-state index contributed by atoms with van der Waals surface area (Å²) in [6.45, 7) is 3.92. The number of carbonyl (C=O) groups is 1. The summed E-state index contributed by atoms with van der Waals surface area (Å²) in [7, 11) is 3.39. The summed E-state index contributed by atoms with van der Waals surface area (Å²) in [4.78, 5) is 26.8. The summed E-state index contributed by atoms with van der Waals surface area (Å²) >= 11 is 1.17. The number of hydrogen-bond acceptors (Lipinski definition) is 8. The van der Waals surface area contributed by atoms with Crippen LogP contribution in [0.5, 0.6) is 5.75 Å². The zero-order valence-corrected chi connectivity index (χ0v) is 16.3. The minimum Gasteiger partial charge on any atom is -0.489 e. The Balaban J connectivity index is 1.78. The first kappa shape index (κ1) is 18.7. The zero-order chi connectivity index (χ0) is 19.4. The van der Waals surface area contributed by atoms with Crippen LogP contribution in [0.4, 0.5) is 10.9 Å². The molecule has 0 spiro atoms. The quantitative estimate of drug-likeness (QED) is 0.697. The predicted octanol–water partition coefficient (Wildman–Crippen LogP) is 3.23. The first-order valence-electron chi connectivity index (χ1n) is 8.34. The van der Waals surface area contributed by atoms with Crippen molar-refractivity contribution in [3.05, 3.63) is 42.2 Å². The Labute approximate surface area is 161 Å². The molecule has 9 heteroatoms. The van der Waals surface area contributed by atoms with E-state index < -0.39 is 0 Å². The summed E-state index contributed by atoms with van der Waals surface area (Å²) in [5.74, 6) is 1.49. The van der Waals surface area contributed by atoms with Gasteiger partial charge in [0.05, 0.1) is 17.9 Å². The second-order valence-corrected chi connectivity index (χ2v) is 6.94. The maximum atomic E-state index is 12.3. The second-order valence-electron chi connectivity index (χ2n) is 6.19. The van der Waals surface area contributed by atoms with Gasteiger partial charge in [-0.1, -0.05) is 0 Å². The summed E-state index contributed by atoms with van der Waals surface area (Å²) in [6, 6.07) is 7.08. The molecule has 0 fully saturated rings. The molecule has 0 bridgehead atoms. The molecule has 0 aliphatic heterocycles. The van der Waals surface area contributed by atoms with Crippen LogP contribution in [0.15, 0.2) is 36.7 Å². The smallest absolute Gasteiger partial charge is 0.257 e. The molecule has 1 amide bonds. The number of ether oxygens (including phenoxy) is 1. The molecular formula is C18H20N6O2S. The molecule has 27 heavy (non-hydrogen) atoms. The van der Waals surface area contributed by atoms with Crippen LogP contribution < -0.4 is 10.1 Å². The summed E-state index contributed by atoms with van der Waals surface area (Å²) in [5.41, 5.74) is 1.11. The van der Waals surface area contributed by atoms with Crippen LogP contribution in [0, 0.1) is 0 Å². The maximum absolute atomic E-state index is 12.3. The molecule has 0 aromatic carbocycles. The number of nitrogens with one attached hydrogen (secondary N) is 1. The average Bonchev–Trinajstić information content (AvgIpc) is 3.10. The number of anilines is 2. The van der Waals surface area contributed by atoms with Gasteiger partial charge in [-0.2, -0.15) is 9.36 Å². The molecular weight excluding hydrogens is 364 g/mol. The largest absolute Gasteiger partial charge is 0.489 e. The molecule has 3 rings (SSSR count). The van der Waals surface area contributed by atoms with E-state index in [4.69, 9.17) is 4.74 Å². The molecule has 8 nitrogen and oxygen atoms in total. The highest BCUT2D eigenvalue weighted by molar-refractivity contribution is 7.09. The lowest BCUT2D eigenvalue weighted by Crippen LogP contribution is -2.22. The number of amides is 1. The number of rotatable bonds is 6. The average molecular weight is 384 g/mol. The minimum absolute atomic E-state index is 0.0864. The fraction of sp³-hybridized carbons (Fsp3) is 0.278. The Morgan fingerprint density at radius 2 is 2.04 bits per heavy atom. The lowest BCUT2D eigenvalue weighted by Gasteiger charge is -2.13. The van der Waals surface area contributed by atoms with E-state index in [1.165, 1.54) is 16.4 Å². The summed E-state index contributed by atoms with van der Waals surface area (Å²) in [5, 5.41) is 3.60. The maximum Gasteiger partial charge on any atom is 0.257 e. The van der Waals surface area contributed by atoms with Crippen molar-refractivity contribution >= 4 is 28.4 Å². The highest BCUT2D eigenvalue weighted by Crippen LogP contribution is 2.25. The molecule has 0 saturated carbocycles. The molecule has 3 heterocycles. The molecule has 0 atom stereocenters. The van der Waals surface area contributed by atoms with Gasteiger partial charge in [-0.15, -0.1) is 0 Å². The second kappa shape index (κ2) is 8.09. The minimum atomic E-state index is -0.141. The number of nitrogens with zero attached hydrogens (tertiary/aromatic N) is 5. The van der Waals surface area contributed by atoms with Gasteiger partial charge in [-0.3, -0.25) is 4.79 Å². The topological polar surface area (TPSA) is 93.1 Å². The molecule has 3 aromatic rings. The van der Waals surface area contributed by atoms with Crippen LogP contribution in [0.1, 0.15) is 24.2 Å². The Hall–Kier alpha value is -3.07. The monoisotopic (exact) mass is 384 g/mol. The van der Waals surface area contributed by atoms with Gasteiger partial charge < -0.3 is 15.0 Å². The van der Waals surface area contributed by atoms with E-state index in [-0.39, 0.29) is 12.0 Å². The standard InChI is InChI=1S/C18H20N6O2S/c1-11(2)26-12-7-8-14(20-10-12)16-22-18(27-23-16)21-15-13(6-5-9-19-15)17(25)24(3)4/h5-11H,1-4H3,(H,19,21,22,23). The molecule has 140 valence electrons. The van der Waals surface area contributed by atoms with Crippen molar-refractivity contribution in [1.29, 1.82) is 0 Å². The third-order valence-corrected chi connectivity index (χ3v) is 4.06. The van der Waals surface area contributed by atoms with E-state index in [2.05, 4.69) is 24.6 Å². The van der Waals surface area contributed by atoms with Crippen molar-refractivity contribution < 1.29 is 9.53 Å². The van der Waals surface area contributed by atoms with Gasteiger partial charge in [0.15, 0.2) is 5.82 Å². The van der Waals surface area contributed by atoms with Crippen LogP contribution in [0.2, 0.25) is 0 Å². The van der Waals surface area contributed by atoms with E-state index in [1.54, 1.807) is 38.6 Å². The number of aromatic nitrogens is 4. The van der Waals surface area contributed by atoms with Gasteiger partial charge in [-0.25, -0.2) is 9.97 Å². The molecule has 0 aliphatic rings. The van der Waals surface area contributed by atoms with Crippen LogP contribution in [0.25, 0.3) is 11.5 Å². The molecule has 3 aromatic heterocycles. The fourth-order valence-corrected chi connectivity index (χ4v) is 2.83. The zero-order valence-electron chi connectivity index (χ0n) is 15.5. The van der Waals surface area contributed by atoms with Crippen molar-refractivity contribution in [2.75, 3.05) is 19.4 Å². The third kappa shape index (κ3) is 4.56. The van der Waals surface area contributed by atoms with E-state index >= 15 is 0 Å². The highest BCUT2D eigenvalue weighted by atomic mass is 32.1.